The van der Waals surface area contributed by atoms with Crippen LogP contribution < -0.4 is 15.5 Å². The summed E-state index contributed by atoms with van der Waals surface area (Å²) in [7, 11) is 0. The number of phenols is 1. The number of carbonyl (C=O) groups is 2. The van der Waals surface area contributed by atoms with Gasteiger partial charge in [0.15, 0.2) is 0 Å². The van der Waals surface area contributed by atoms with Crippen LogP contribution in [-0.2, 0) is 4.79 Å². The van der Waals surface area contributed by atoms with Crippen molar-refractivity contribution in [3.05, 3.63) is 101 Å². The lowest BCUT2D eigenvalue weighted by molar-refractivity contribution is -0.117. The minimum Gasteiger partial charge on any atom is -0.507 e. The molecule has 3 rings (SSSR count). The van der Waals surface area contributed by atoms with Crippen molar-refractivity contribution in [2.45, 2.75) is 6.92 Å². The summed E-state index contributed by atoms with van der Waals surface area (Å²) in [6.45, 7) is 2.48. The number of phenolic OH excluding ortho intramolecular Hbond substituents is 1. The molecule has 0 unspecified atom stereocenters. The second-order valence-corrected chi connectivity index (χ2v) is 6.64. The van der Waals surface area contributed by atoms with Crippen LogP contribution in [0.5, 0.6) is 11.5 Å². The number of hydrogen-bond acceptors (Lipinski definition) is 5. The predicted molar refractivity (Wildman–Crippen MR) is 123 cm³/mol. The Morgan fingerprint density at radius 2 is 1.66 bits per heavy atom. The molecule has 0 saturated heterocycles. The molecule has 3 aromatic carbocycles. The molecule has 0 bridgehead atoms. The molecular formula is C25H23N3O4. The van der Waals surface area contributed by atoms with Crippen molar-refractivity contribution in [2.24, 2.45) is 5.10 Å². The van der Waals surface area contributed by atoms with Crippen molar-refractivity contribution in [2.75, 3.05) is 6.61 Å². The summed E-state index contributed by atoms with van der Waals surface area (Å²) < 4.78 is 5.39. The molecule has 0 heterocycles. The third-order valence-electron chi connectivity index (χ3n) is 4.34. The number of hydrogen-bond donors (Lipinski definition) is 3. The topological polar surface area (TPSA) is 100 Å². The molecular weight excluding hydrogens is 406 g/mol. The number of ether oxygens (including phenoxy) is 1. The molecule has 162 valence electrons. The van der Waals surface area contributed by atoms with E-state index in [4.69, 9.17) is 4.74 Å². The predicted octanol–water partition coefficient (Wildman–Crippen LogP) is 3.71. The Morgan fingerprint density at radius 3 is 2.34 bits per heavy atom. The number of rotatable bonds is 8. The maximum atomic E-state index is 12.7. The molecule has 3 aromatic rings. The fraction of sp³-hybridized carbons (Fsp3) is 0.0800. The van der Waals surface area contributed by atoms with Crippen LogP contribution in [0.2, 0.25) is 0 Å². The van der Waals surface area contributed by atoms with Gasteiger partial charge in [0.1, 0.15) is 17.2 Å². The van der Waals surface area contributed by atoms with E-state index in [-0.39, 0.29) is 11.4 Å². The van der Waals surface area contributed by atoms with Crippen LogP contribution in [0, 0.1) is 0 Å². The SMILES string of the molecule is CCOc1ccc(/C=N/NC(=O)/C(=C/c2ccccc2O)NC(=O)c2ccccc2)cc1. The van der Waals surface area contributed by atoms with E-state index in [0.717, 1.165) is 11.3 Å². The highest BCUT2D eigenvalue weighted by atomic mass is 16.5. The average Bonchev–Trinajstić information content (AvgIpc) is 2.81. The zero-order valence-electron chi connectivity index (χ0n) is 17.5. The highest BCUT2D eigenvalue weighted by Crippen LogP contribution is 2.18. The summed E-state index contributed by atoms with van der Waals surface area (Å²) >= 11 is 0. The van der Waals surface area contributed by atoms with Crippen LogP contribution in [0.25, 0.3) is 6.08 Å². The number of nitrogens with zero attached hydrogens (tertiary/aromatic N) is 1. The van der Waals surface area contributed by atoms with E-state index in [2.05, 4.69) is 15.8 Å². The van der Waals surface area contributed by atoms with Gasteiger partial charge in [-0.3, -0.25) is 9.59 Å². The smallest absolute Gasteiger partial charge is 0.287 e. The lowest BCUT2D eigenvalue weighted by atomic mass is 10.1. The molecule has 32 heavy (non-hydrogen) atoms. The molecule has 0 atom stereocenters. The van der Waals surface area contributed by atoms with Gasteiger partial charge in [0.05, 0.1) is 12.8 Å². The van der Waals surface area contributed by atoms with Crippen LogP contribution in [-0.4, -0.2) is 29.7 Å². The van der Waals surface area contributed by atoms with Gasteiger partial charge >= 0.3 is 0 Å². The molecule has 7 nitrogen and oxygen atoms in total. The van der Waals surface area contributed by atoms with Crippen molar-refractivity contribution in [1.82, 2.24) is 10.7 Å². The number of carbonyl (C=O) groups excluding carboxylic acids is 2. The van der Waals surface area contributed by atoms with Crippen molar-refractivity contribution in [3.8, 4) is 11.5 Å². The van der Waals surface area contributed by atoms with Gasteiger partial charge in [-0.05, 0) is 61.0 Å². The number of benzene rings is 3. The molecule has 0 spiro atoms. The lowest BCUT2D eigenvalue weighted by Crippen LogP contribution is -2.32. The van der Waals surface area contributed by atoms with Gasteiger partial charge in [0.25, 0.3) is 11.8 Å². The van der Waals surface area contributed by atoms with Gasteiger partial charge in [-0.2, -0.15) is 5.10 Å². The largest absolute Gasteiger partial charge is 0.507 e. The van der Waals surface area contributed by atoms with Gasteiger partial charge in [-0.1, -0.05) is 36.4 Å². The molecule has 3 N–H and O–H groups in total. The number of aromatic hydroxyl groups is 1. The summed E-state index contributed by atoms with van der Waals surface area (Å²) in [5.41, 5.74) is 3.86. The van der Waals surface area contributed by atoms with Crippen molar-refractivity contribution < 1.29 is 19.4 Å². The first kappa shape index (κ1) is 22.3. The number of nitrogens with one attached hydrogen (secondary N) is 2. The Balaban J connectivity index is 1.76. The van der Waals surface area contributed by atoms with E-state index in [1.54, 1.807) is 72.8 Å². The van der Waals surface area contributed by atoms with E-state index < -0.39 is 11.8 Å². The van der Waals surface area contributed by atoms with E-state index in [9.17, 15) is 14.7 Å². The van der Waals surface area contributed by atoms with E-state index in [1.807, 2.05) is 6.92 Å². The Kier molecular flexibility index (Phi) is 7.75. The van der Waals surface area contributed by atoms with E-state index in [1.165, 1.54) is 18.4 Å². The second-order valence-electron chi connectivity index (χ2n) is 6.64. The van der Waals surface area contributed by atoms with Gasteiger partial charge in [0, 0.05) is 11.1 Å². The maximum Gasteiger partial charge on any atom is 0.287 e. The molecule has 2 amide bonds. The molecule has 0 aliphatic rings. The maximum absolute atomic E-state index is 12.7. The van der Waals surface area contributed by atoms with Gasteiger partial charge in [-0.25, -0.2) is 5.43 Å². The van der Waals surface area contributed by atoms with Crippen LogP contribution in [0.4, 0.5) is 0 Å². The monoisotopic (exact) mass is 429 g/mol. The first-order chi connectivity index (χ1) is 15.6. The quantitative estimate of drug-likeness (QED) is 0.289. The van der Waals surface area contributed by atoms with Crippen LogP contribution >= 0.6 is 0 Å². The number of amides is 2. The number of hydrazone groups is 1. The van der Waals surface area contributed by atoms with Crippen molar-refractivity contribution in [3.63, 3.8) is 0 Å². The van der Waals surface area contributed by atoms with Crippen LogP contribution in [0.3, 0.4) is 0 Å². The Hall–Kier alpha value is -4.39. The minimum atomic E-state index is -0.639. The number of para-hydroxylation sites is 1. The third-order valence-corrected chi connectivity index (χ3v) is 4.34. The first-order valence-corrected chi connectivity index (χ1v) is 9.99. The highest BCUT2D eigenvalue weighted by molar-refractivity contribution is 6.05. The van der Waals surface area contributed by atoms with Gasteiger partial charge in [0.2, 0.25) is 0 Å². The van der Waals surface area contributed by atoms with Gasteiger partial charge < -0.3 is 15.2 Å². The summed E-state index contributed by atoms with van der Waals surface area (Å²) in [6, 6.07) is 22.2. The molecule has 0 aliphatic heterocycles. The van der Waals surface area contributed by atoms with E-state index >= 15 is 0 Å². The van der Waals surface area contributed by atoms with Crippen molar-refractivity contribution >= 4 is 24.1 Å². The van der Waals surface area contributed by atoms with Crippen LogP contribution in [0.15, 0.2) is 89.7 Å². The molecule has 0 aliphatic carbocycles. The molecule has 0 saturated carbocycles. The normalized spacial score (nSPS) is 11.2. The molecule has 0 fully saturated rings. The lowest BCUT2D eigenvalue weighted by Gasteiger charge is -2.10. The zero-order valence-corrected chi connectivity index (χ0v) is 17.5. The minimum absolute atomic E-state index is 0.0235. The fourth-order valence-corrected chi connectivity index (χ4v) is 2.75. The van der Waals surface area contributed by atoms with Crippen LogP contribution in [0.1, 0.15) is 28.4 Å². The Morgan fingerprint density at radius 1 is 0.969 bits per heavy atom. The van der Waals surface area contributed by atoms with Gasteiger partial charge in [-0.15, -0.1) is 0 Å². The summed E-state index contributed by atoms with van der Waals surface area (Å²) in [4.78, 5) is 25.3. The standard InChI is InChI=1S/C25H23N3O4/c1-2-32-21-14-12-18(13-15-21)17-26-28-25(31)22(16-20-10-6-7-11-23(20)29)27-24(30)19-8-4-3-5-9-19/h3-17,29H,2H2,1H3,(H,27,30)(H,28,31)/b22-16-,26-17+. The summed E-state index contributed by atoms with van der Waals surface area (Å²) in [5.74, 6) is -0.382. The highest BCUT2D eigenvalue weighted by Gasteiger charge is 2.15. The fourth-order valence-electron chi connectivity index (χ4n) is 2.75. The third kappa shape index (κ3) is 6.30. The molecule has 0 radical (unpaired) electrons. The molecule has 0 aromatic heterocycles. The second kappa shape index (κ2) is 11.1. The van der Waals surface area contributed by atoms with E-state index in [0.29, 0.717) is 17.7 Å². The zero-order chi connectivity index (χ0) is 22.8. The molecule has 7 heteroatoms. The Labute approximate surface area is 186 Å². The Bertz CT molecular complexity index is 1120. The van der Waals surface area contributed by atoms with Crippen molar-refractivity contribution in [1.29, 1.82) is 0 Å². The summed E-state index contributed by atoms with van der Waals surface area (Å²) in [6.07, 6.45) is 2.86. The average molecular weight is 429 g/mol. The summed E-state index contributed by atoms with van der Waals surface area (Å²) in [5, 5.41) is 16.6. The first-order valence-electron chi connectivity index (χ1n) is 9.99.